The number of carbonyl (C=O) groups excluding carboxylic acids is 1. The minimum atomic E-state index is -1.30. The summed E-state index contributed by atoms with van der Waals surface area (Å²) in [5.41, 5.74) is -0.304. The minimum Gasteiger partial charge on any atom is -0.493 e. The third kappa shape index (κ3) is 2.64. The first kappa shape index (κ1) is 14.1. The molecule has 22 heavy (non-hydrogen) atoms. The zero-order valence-electron chi connectivity index (χ0n) is 11.6. The molecule has 0 saturated heterocycles. The van der Waals surface area contributed by atoms with Gasteiger partial charge in [-0.3, -0.25) is 0 Å². The molecule has 1 heterocycles. The lowest BCUT2D eigenvalue weighted by Gasteiger charge is -2.29. The fraction of sp³-hybridized carbons (Fsp3) is 0.188. The summed E-state index contributed by atoms with van der Waals surface area (Å²) in [6, 6.07) is 13.1. The SMILES string of the molecule is O=C=NC1(N=Nc2ccccc2)CCOc2ccc(F)cc21. The summed E-state index contributed by atoms with van der Waals surface area (Å²) in [7, 11) is 0. The fourth-order valence-electron chi connectivity index (χ4n) is 2.33. The van der Waals surface area contributed by atoms with E-state index in [2.05, 4.69) is 15.2 Å². The van der Waals surface area contributed by atoms with Gasteiger partial charge in [0.2, 0.25) is 11.7 Å². The Labute approximate surface area is 126 Å². The first-order chi connectivity index (χ1) is 10.7. The van der Waals surface area contributed by atoms with Crippen LogP contribution in [0.2, 0.25) is 0 Å². The van der Waals surface area contributed by atoms with Gasteiger partial charge in [0, 0.05) is 12.0 Å². The van der Waals surface area contributed by atoms with E-state index in [0.29, 0.717) is 23.6 Å². The zero-order chi connectivity index (χ0) is 15.4. The van der Waals surface area contributed by atoms with Gasteiger partial charge in [0.05, 0.1) is 12.3 Å². The van der Waals surface area contributed by atoms with Gasteiger partial charge in [-0.2, -0.15) is 15.2 Å². The standard InChI is InChI=1S/C16H12FN3O2/c17-12-6-7-15-14(10-12)16(18-11-21,8-9-22-15)20-19-13-4-2-1-3-5-13/h1-7,10H,8-9H2. The molecule has 1 aliphatic heterocycles. The van der Waals surface area contributed by atoms with Crippen LogP contribution in [-0.2, 0) is 10.5 Å². The van der Waals surface area contributed by atoms with E-state index in [1.165, 1.54) is 24.3 Å². The average Bonchev–Trinajstić information content (AvgIpc) is 2.55. The molecule has 0 fully saturated rings. The topological polar surface area (TPSA) is 63.4 Å². The van der Waals surface area contributed by atoms with E-state index < -0.39 is 11.5 Å². The number of fused-ring (bicyclic) bond motifs is 1. The van der Waals surface area contributed by atoms with Crippen LogP contribution in [0.25, 0.3) is 0 Å². The molecule has 1 unspecified atom stereocenters. The number of halogens is 1. The molecule has 0 saturated carbocycles. The van der Waals surface area contributed by atoms with E-state index in [1.54, 1.807) is 12.1 Å². The molecule has 0 spiro atoms. The summed E-state index contributed by atoms with van der Waals surface area (Å²) < 4.78 is 19.0. The molecule has 1 aliphatic rings. The molecule has 3 rings (SSSR count). The van der Waals surface area contributed by atoms with Gasteiger partial charge in [0.15, 0.2) is 0 Å². The number of nitrogens with zero attached hydrogens (tertiary/aromatic N) is 3. The Morgan fingerprint density at radius 2 is 2.00 bits per heavy atom. The minimum absolute atomic E-state index is 0.287. The number of ether oxygens (including phenoxy) is 1. The molecule has 6 heteroatoms. The first-order valence-corrected chi connectivity index (χ1v) is 6.73. The molecule has 0 amide bonds. The maximum Gasteiger partial charge on any atom is 0.237 e. The number of hydrogen-bond acceptors (Lipinski definition) is 5. The van der Waals surface area contributed by atoms with Crippen molar-refractivity contribution in [3.8, 4) is 5.75 Å². The van der Waals surface area contributed by atoms with Gasteiger partial charge in [-0.15, -0.1) is 0 Å². The number of rotatable bonds is 3. The van der Waals surface area contributed by atoms with Crippen LogP contribution in [0.4, 0.5) is 10.1 Å². The van der Waals surface area contributed by atoms with E-state index in [-0.39, 0.29) is 6.42 Å². The number of aliphatic imine (C=N–C) groups is 1. The summed E-state index contributed by atoms with van der Waals surface area (Å²) in [5.74, 6) is -0.0108. The fourth-order valence-corrected chi connectivity index (χ4v) is 2.33. The van der Waals surface area contributed by atoms with Crippen LogP contribution in [-0.4, -0.2) is 12.7 Å². The lowest BCUT2D eigenvalue weighted by atomic mass is 9.94. The molecule has 110 valence electrons. The summed E-state index contributed by atoms with van der Waals surface area (Å²) in [5, 5.41) is 8.33. The molecule has 0 aromatic heterocycles. The van der Waals surface area contributed by atoms with Crippen LogP contribution in [0.15, 0.2) is 63.8 Å². The molecule has 5 nitrogen and oxygen atoms in total. The first-order valence-electron chi connectivity index (χ1n) is 6.73. The Morgan fingerprint density at radius 3 is 2.77 bits per heavy atom. The Morgan fingerprint density at radius 1 is 1.18 bits per heavy atom. The van der Waals surface area contributed by atoms with E-state index in [9.17, 15) is 9.18 Å². The molecular weight excluding hydrogens is 285 g/mol. The predicted molar refractivity (Wildman–Crippen MR) is 77.3 cm³/mol. The number of hydrogen-bond donors (Lipinski definition) is 0. The van der Waals surface area contributed by atoms with Crippen LogP contribution in [0.1, 0.15) is 12.0 Å². The summed E-state index contributed by atoms with van der Waals surface area (Å²) >= 11 is 0. The molecule has 2 aromatic carbocycles. The highest BCUT2D eigenvalue weighted by Crippen LogP contribution is 2.42. The van der Waals surface area contributed by atoms with Crippen LogP contribution < -0.4 is 4.74 Å². The summed E-state index contributed by atoms with van der Waals surface area (Å²) in [4.78, 5) is 14.7. The summed E-state index contributed by atoms with van der Waals surface area (Å²) in [6.07, 6.45) is 1.80. The Bertz CT molecular complexity index is 757. The Kier molecular flexibility index (Phi) is 3.76. The predicted octanol–water partition coefficient (Wildman–Crippen LogP) is 3.88. The Balaban J connectivity index is 2.09. The third-order valence-corrected chi connectivity index (χ3v) is 3.40. The second-order valence-corrected chi connectivity index (χ2v) is 4.79. The number of benzene rings is 2. The van der Waals surface area contributed by atoms with Crippen LogP contribution >= 0.6 is 0 Å². The van der Waals surface area contributed by atoms with Crippen molar-refractivity contribution >= 4 is 11.8 Å². The second-order valence-electron chi connectivity index (χ2n) is 4.79. The highest BCUT2D eigenvalue weighted by atomic mass is 19.1. The van der Waals surface area contributed by atoms with Crippen molar-refractivity contribution in [2.45, 2.75) is 12.1 Å². The molecular formula is C16H12FN3O2. The van der Waals surface area contributed by atoms with E-state index >= 15 is 0 Å². The lowest BCUT2D eigenvalue weighted by molar-refractivity contribution is 0.217. The van der Waals surface area contributed by atoms with Crippen molar-refractivity contribution in [1.82, 2.24) is 0 Å². The number of azo groups is 1. The van der Waals surface area contributed by atoms with E-state index in [1.807, 2.05) is 18.2 Å². The summed E-state index contributed by atoms with van der Waals surface area (Å²) in [6.45, 7) is 0.303. The number of isocyanates is 1. The van der Waals surface area contributed by atoms with Crippen molar-refractivity contribution in [1.29, 1.82) is 0 Å². The van der Waals surface area contributed by atoms with E-state index in [0.717, 1.165) is 0 Å². The largest absolute Gasteiger partial charge is 0.493 e. The van der Waals surface area contributed by atoms with Crippen LogP contribution in [0.5, 0.6) is 5.75 Å². The van der Waals surface area contributed by atoms with Crippen molar-refractivity contribution in [2.24, 2.45) is 15.2 Å². The van der Waals surface area contributed by atoms with Gasteiger partial charge in [-0.05, 0) is 30.3 Å². The average molecular weight is 297 g/mol. The maximum atomic E-state index is 13.6. The monoisotopic (exact) mass is 297 g/mol. The van der Waals surface area contributed by atoms with E-state index in [4.69, 9.17) is 4.74 Å². The normalized spacial score (nSPS) is 20.0. The Hall–Kier alpha value is -2.85. The van der Waals surface area contributed by atoms with Gasteiger partial charge in [-0.1, -0.05) is 18.2 Å². The van der Waals surface area contributed by atoms with Gasteiger partial charge in [-0.25, -0.2) is 9.18 Å². The van der Waals surface area contributed by atoms with Gasteiger partial charge < -0.3 is 4.74 Å². The maximum absolute atomic E-state index is 13.6. The van der Waals surface area contributed by atoms with Gasteiger partial charge in [0.1, 0.15) is 11.6 Å². The van der Waals surface area contributed by atoms with Crippen molar-refractivity contribution in [3.05, 3.63) is 59.9 Å². The smallest absolute Gasteiger partial charge is 0.237 e. The molecule has 0 bridgehead atoms. The third-order valence-electron chi connectivity index (χ3n) is 3.40. The van der Waals surface area contributed by atoms with Crippen molar-refractivity contribution in [3.63, 3.8) is 0 Å². The molecule has 1 atom stereocenters. The highest BCUT2D eigenvalue weighted by molar-refractivity contribution is 5.45. The van der Waals surface area contributed by atoms with Crippen LogP contribution in [0.3, 0.4) is 0 Å². The highest BCUT2D eigenvalue weighted by Gasteiger charge is 2.39. The molecule has 0 radical (unpaired) electrons. The molecule has 0 N–H and O–H groups in total. The molecule has 2 aromatic rings. The molecule has 0 aliphatic carbocycles. The van der Waals surface area contributed by atoms with Crippen molar-refractivity contribution < 1.29 is 13.9 Å². The van der Waals surface area contributed by atoms with Crippen molar-refractivity contribution in [2.75, 3.05) is 6.61 Å². The van der Waals surface area contributed by atoms with Gasteiger partial charge >= 0.3 is 0 Å². The second kappa shape index (κ2) is 5.87. The quantitative estimate of drug-likeness (QED) is 0.490. The van der Waals surface area contributed by atoms with Crippen LogP contribution in [0, 0.1) is 5.82 Å². The lowest BCUT2D eigenvalue weighted by Crippen LogP contribution is -2.29. The van der Waals surface area contributed by atoms with Gasteiger partial charge in [0.25, 0.3) is 0 Å². The zero-order valence-corrected chi connectivity index (χ0v) is 11.6.